The minimum absolute atomic E-state index is 0.0141. The summed E-state index contributed by atoms with van der Waals surface area (Å²) in [6.07, 6.45) is 4.80. The van der Waals surface area contributed by atoms with Gasteiger partial charge in [-0.1, -0.05) is 18.2 Å². The molecule has 3 rings (SSSR count). The molecule has 0 radical (unpaired) electrons. The summed E-state index contributed by atoms with van der Waals surface area (Å²) in [6, 6.07) is 5.16. The molecule has 0 aliphatic carbocycles. The molecular formula is C17H16F3N3O. The number of rotatable bonds is 4. The second kappa shape index (κ2) is 6.51. The average molecular weight is 335 g/mol. The quantitative estimate of drug-likeness (QED) is 0.846. The Morgan fingerprint density at radius 2 is 2.08 bits per heavy atom. The third kappa shape index (κ3) is 3.67. The first-order valence-corrected chi connectivity index (χ1v) is 7.47. The van der Waals surface area contributed by atoms with Crippen LogP contribution in [0.4, 0.5) is 18.9 Å². The van der Waals surface area contributed by atoms with Crippen LogP contribution in [0.1, 0.15) is 24.1 Å². The first kappa shape index (κ1) is 16.3. The van der Waals surface area contributed by atoms with Gasteiger partial charge < -0.3 is 9.64 Å². The van der Waals surface area contributed by atoms with Crippen LogP contribution in [0.25, 0.3) is 6.08 Å². The lowest BCUT2D eigenvalue weighted by Gasteiger charge is -2.33. The summed E-state index contributed by atoms with van der Waals surface area (Å²) >= 11 is 0. The molecule has 7 heteroatoms. The SMILES string of the molecule is CC(c1ccc(OCC(F)(F)F)nc1)N1CC=Cc2cnccc21. The van der Waals surface area contributed by atoms with Gasteiger partial charge in [-0.3, -0.25) is 4.98 Å². The van der Waals surface area contributed by atoms with Gasteiger partial charge >= 0.3 is 6.18 Å². The van der Waals surface area contributed by atoms with Crippen molar-refractivity contribution in [3.8, 4) is 5.88 Å². The molecule has 126 valence electrons. The fraction of sp³-hybridized carbons (Fsp3) is 0.294. The second-order valence-electron chi connectivity index (χ2n) is 5.50. The smallest absolute Gasteiger partial charge is 0.422 e. The van der Waals surface area contributed by atoms with Gasteiger partial charge in [0.15, 0.2) is 6.61 Å². The van der Waals surface area contributed by atoms with E-state index >= 15 is 0 Å². The number of hydrogen-bond acceptors (Lipinski definition) is 4. The zero-order valence-corrected chi connectivity index (χ0v) is 13.0. The van der Waals surface area contributed by atoms with Gasteiger partial charge in [-0.25, -0.2) is 4.98 Å². The highest BCUT2D eigenvalue weighted by molar-refractivity contribution is 5.70. The van der Waals surface area contributed by atoms with Gasteiger partial charge in [0.1, 0.15) is 0 Å². The zero-order chi connectivity index (χ0) is 17.2. The Hall–Kier alpha value is -2.57. The maximum Gasteiger partial charge on any atom is 0.422 e. The Labute approximate surface area is 137 Å². The lowest BCUT2D eigenvalue weighted by molar-refractivity contribution is -0.154. The van der Waals surface area contributed by atoms with E-state index in [1.807, 2.05) is 19.1 Å². The van der Waals surface area contributed by atoms with Crippen LogP contribution in [0.2, 0.25) is 0 Å². The van der Waals surface area contributed by atoms with Crippen molar-refractivity contribution in [1.82, 2.24) is 9.97 Å². The van der Waals surface area contributed by atoms with E-state index in [1.54, 1.807) is 24.7 Å². The van der Waals surface area contributed by atoms with Crippen LogP contribution in [0.5, 0.6) is 5.88 Å². The molecular weight excluding hydrogens is 319 g/mol. The minimum atomic E-state index is -4.37. The molecule has 0 saturated carbocycles. The van der Waals surface area contributed by atoms with Crippen molar-refractivity contribution in [2.24, 2.45) is 0 Å². The second-order valence-corrected chi connectivity index (χ2v) is 5.50. The van der Waals surface area contributed by atoms with Crippen molar-refractivity contribution in [1.29, 1.82) is 0 Å². The van der Waals surface area contributed by atoms with E-state index in [2.05, 4.69) is 25.7 Å². The lowest BCUT2D eigenvalue weighted by Crippen LogP contribution is -2.29. The average Bonchev–Trinajstić information content (AvgIpc) is 2.59. The van der Waals surface area contributed by atoms with Crippen molar-refractivity contribution in [3.05, 3.63) is 54.0 Å². The first-order valence-electron chi connectivity index (χ1n) is 7.47. The molecule has 0 amide bonds. The number of nitrogens with zero attached hydrogens (tertiary/aromatic N) is 3. The number of aromatic nitrogens is 2. The van der Waals surface area contributed by atoms with E-state index in [0.717, 1.165) is 23.4 Å². The fourth-order valence-corrected chi connectivity index (χ4v) is 2.61. The maximum absolute atomic E-state index is 12.2. The van der Waals surface area contributed by atoms with Crippen molar-refractivity contribution in [2.45, 2.75) is 19.1 Å². The van der Waals surface area contributed by atoms with Gasteiger partial charge in [0.25, 0.3) is 0 Å². The van der Waals surface area contributed by atoms with Crippen LogP contribution in [0.15, 0.2) is 42.9 Å². The van der Waals surface area contributed by atoms with Crippen LogP contribution >= 0.6 is 0 Å². The predicted octanol–water partition coefficient (Wildman–Crippen LogP) is 4.01. The Kier molecular flexibility index (Phi) is 4.42. The molecule has 1 unspecified atom stereocenters. The Bertz CT molecular complexity index is 729. The molecule has 4 nitrogen and oxygen atoms in total. The largest absolute Gasteiger partial charge is 0.468 e. The van der Waals surface area contributed by atoms with Crippen LogP contribution < -0.4 is 9.64 Å². The van der Waals surface area contributed by atoms with Gasteiger partial charge in [0, 0.05) is 42.5 Å². The van der Waals surface area contributed by atoms with E-state index < -0.39 is 12.8 Å². The summed E-state index contributed by atoms with van der Waals surface area (Å²) in [5.41, 5.74) is 3.00. The van der Waals surface area contributed by atoms with Crippen LogP contribution in [0.3, 0.4) is 0 Å². The van der Waals surface area contributed by atoms with Crippen molar-refractivity contribution >= 4 is 11.8 Å². The molecule has 1 atom stereocenters. The number of alkyl halides is 3. The molecule has 0 fully saturated rings. The molecule has 0 N–H and O–H groups in total. The predicted molar refractivity (Wildman–Crippen MR) is 84.8 cm³/mol. The highest BCUT2D eigenvalue weighted by atomic mass is 19.4. The maximum atomic E-state index is 12.2. The van der Waals surface area contributed by atoms with E-state index in [9.17, 15) is 13.2 Å². The minimum Gasteiger partial charge on any atom is -0.468 e. The highest BCUT2D eigenvalue weighted by Crippen LogP contribution is 2.32. The number of pyridine rings is 2. The van der Waals surface area contributed by atoms with Crippen LogP contribution in [-0.2, 0) is 0 Å². The van der Waals surface area contributed by atoms with Gasteiger partial charge in [0.05, 0.1) is 6.04 Å². The van der Waals surface area contributed by atoms with Crippen molar-refractivity contribution in [2.75, 3.05) is 18.1 Å². The van der Waals surface area contributed by atoms with Gasteiger partial charge in [-0.05, 0) is 18.6 Å². The molecule has 1 aliphatic rings. The molecule has 3 heterocycles. The van der Waals surface area contributed by atoms with E-state index in [1.165, 1.54) is 6.07 Å². The standard InChI is InChI=1S/C17H16F3N3O/c1-12(23-8-2-3-14-9-21-7-6-15(14)23)13-4-5-16(22-10-13)24-11-17(18,19)20/h2-7,9-10,12H,8,11H2,1H3. The lowest BCUT2D eigenvalue weighted by atomic mass is 10.0. The van der Waals surface area contributed by atoms with Gasteiger partial charge in [0.2, 0.25) is 5.88 Å². The topological polar surface area (TPSA) is 38.2 Å². The van der Waals surface area contributed by atoms with E-state index in [4.69, 9.17) is 0 Å². The molecule has 24 heavy (non-hydrogen) atoms. The van der Waals surface area contributed by atoms with Crippen LogP contribution in [0, 0.1) is 0 Å². The number of halogens is 3. The Morgan fingerprint density at radius 3 is 2.79 bits per heavy atom. The summed E-state index contributed by atoms with van der Waals surface area (Å²) in [5, 5.41) is 0. The normalized spacial score (nSPS) is 15.1. The van der Waals surface area contributed by atoms with Crippen molar-refractivity contribution < 1.29 is 17.9 Å². The summed E-state index contributed by atoms with van der Waals surface area (Å²) in [4.78, 5) is 10.3. The zero-order valence-electron chi connectivity index (χ0n) is 13.0. The first-order chi connectivity index (χ1) is 11.4. The van der Waals surface area contributed by atoms with Gasteiger partial charge in [-0.2, -0.15) is 13.2 Å². The third-order valence-electron chi connectivity index (χ3n) is 3.83. The third-order valence-corrected chi connectivity index (χ3v) is 3.83. The molecule has 0 saturated heterocycles. The Morgan fingerprint density at radius 1 is 1.25 bits per heavy atom. The van der Waals surface area contributed by atoms with Gasteiger partial charge in [-0.15, -0.1) is 0 Å². The molecule has 2 aromatic heterocycles. The Balaban J connectivity index is 1.74. The number of ether oxygens (including phenoxy) is 1. The summed E-state index contributed by atoms with van der Waals surface area (Å²) in [5.74, 6) is -0.0357. The summed E-state index contributed by atoms with van der Waals surface area (Å²) in [7, 11) is 0. The molecule has 0 aromatic carbocycles. The van der Waals surface area contributed by atoms with Crippen molar-refractivity contribution in [3.63, 3.8) is 0 Å². The number of fused-ring (bicyclic) bond motifs is 1. The summed E-state index contributed by atoms with van der Waals surface area (Å²) in [6.45, 7) is 1.42. The van der Waals surface area contributed by atoms with E-state index in [0.29, 0.717) is 0 Å². The molecule has 1 aliphatic heterocycles. The van der Waals surface area contributed by atoms with Crippen LogP contribution in [-0.4, -0.2) is 29.3 Å². The molecule has 0 bridgehead atoms. The molecule has 0 spiro atoms. The number of hydrogen-bond donors (Lipinski definition) is 0. The molecule has 2 aromatic rings. The number of anilines is 1. The highest BCUT2D eigenvalue weighted by Gasteiger charge is 2.28. The summed E-state index contributed by atoms with van der Waals surface area (Å²) < 4.78 is 41.1. The fourth-order valence-electron chi connectivity index (χ4n) is 2.61. The monoisotopic (exact) mass is 335 g/mol. The van der Waals surface area contributed by atoms with E-state index in [-0.39, 0.29) is 11.9 Å².